The number of nitrogens with zero attached hydrogens (tertiary/aromatic N) is 1. The monoisotopic (exact) mass is 268 g/mol. The molecule has 1 unspecified atom stereocenters. The highest BCUT2D eigenvalue weighted by molar-refractivity contribution is 5.78. The molecule has 2 rings (SSSR count). The third kappa shape index (κ3) is 3.99. The molecule has 2 aromatic rings. The van der Waals surface area contributed by atoms with E-state index in [4.69, 9.17) is 9.68 Å². The Hall–Kier alpha value is -2.54. The van der Waals surface area contributed by atoms with Crippen LogP contribution in [0.5, 0.6) is 0 Å². The smallest absolute Gasteiger partial charge is 0.224 e. The summed E-state index contributed by atoms with van der Waals surface area (Å²) in [4.78, 5) is 11.9. The standard InChI is InChI=1S/C16H16N2O2/c1-12(9-15-3-2-8-20-15)18-16(19)10-13-4-6-14(11-17)7-5-13/h2-8,12H,9-10H2,1H3,(H,18,19). The summed E-state index contributed by atoms with van der Waals surface area (Å²) in [6.07, 6.45) is 2.61. The lowest BCUT2D eigenvalue weighted by molar-refractivity contribution is -0.121. The molecule has 1 N–H and O–H groups in total. The van der Waals surface area contributed by atoms with Gasteiger partial charge in [-0.25, -0.2) is 0 Å². The van der Waals surface area contributed by atoms with Crippen LogP contribution in [0.1, 0.15) is 23.8 Å². The molecule has 0 aliphatic carbocycles. The van der Waals surface area contributed by atoms with Crippen molar-refractivity contribution in [3.63, 3.8) is 0 Å². The highest BCUT2D eigenvalue weighted by Gasteiger charge is 2.10. The maximum Gasteiger partial charge on any atom is 0.224 e. The molecule has 20 heavy (non-hydrogen) atoms. The van der Waals surface area contributed by atoms with Gasteiger partial charge in [-0.05, 0) is 36.8 Å². The minimum atomic E-state index is -0.0336. The van der Waals surface area contributed by atoms with E-state index in [1.165, 1.54) is 0 Å². The Labute approximate surface area is 118 Å². The first-order valence-corrected chi connectivity index (χ1v) is 6.48. The predicted octanol–water partition coefficient (Wildman–Crippen LogP) is 2.44. The van der Waals surface area contributed by atoms with Crippen LogP contribution >= 0.6 is 0 Å². The van der Waals surface area contributed by atoms with Crippen molar-refractivity contribution < 1.29 is 9.21 Å². The molecule has 1 aromatic heterocycles. The lowest BCUT2D eigenvalue weighted by atomic mass is 10.1. The number of carbonyl (C=O) groups excluding carboxylic acids is 1. The second kappa shape index (κ2) is 6.58. The van der Waals surface area contributed by atoms with Crippen LogP contribution in [0.4, 0.5) is 0 Å². The first-order valence-electron chi connectivity index (χ1n) is 6.48. The van der Waals surface area contributed by atoms with Gasteiger partial charge < -0.3 is 9.73 Å². The van der Waals surface area contributed by atoms with E-state index in [1.54, 1.807) is 30.5 Å². The summed E-state index contributed by atoms with van der Waals surface area (Å²) in [5.41, 5.74) is 1.49. The number of furan rings is 1. The lowest BCUT2D eigenvalue weighted by Gasteiger charge is -2.12. The molecule has 1 atom stereocenters. The number of nitriles is 1. The van der Waals surface area contributed by atoms with Gasteiger partial charge in [0.25, 0.3) is 0 Å². The van der Waals surface area contributed by atoms with Gasteiger partial charge >= 0.3 is 0 Å². The number of carbonyl (C=O) groups is 1. The van der Waals surface area contributed by atoms with Crippen LogP contribution in [0.15, 0.2) is 47.1 Å². The molecule has 0 saturated carbocycles. The fourth-order valence-corrected chi connectivity index (χ4v) is 1.99. The van der Waals surface area contributed by atoms with Crippen LogP contribution in [-0.2, 0) is 17.6 Å². The highest BCUT2D eigenvalue weighted by atomic mass is 16.3. The second-order valence-electron chi connectivity index (χ2n) is 4.74. The summed E-state index contributed by atoms with van der Waals surface area (Å²) in [5.74, 6) is 0.824. The molecule has 0 saturated heterocycles. The minimum absolute atomic E-state index is 0.0204. The molecule has 0 aliphatic heterocycles. The van der Waals surface area contributed by atoms with Gasteiger partial charge in [-0.3, -0.25) is 4.79 Å². The van der Waals surface area contributed by atoms with Crippen molar-refractivity contribution in [1.82, 2.24) is 5.32 Å². The van der Waals surface area contributed by atoms with Crippen molar-refractivity contribution in [2.24, 2.45) is 0 Å². The summed E-state index contributed by atoms with van der Waals surface area (Å²) < 4.78 is 5.25. The van der Waals surface area contributed by atoms with E-state index in [2.05, 4.69) is 11.4 Å². The highest BCUT2D eigenvalue weighted by Crippen LogP contribution is 2.06. The molecule has 0 aliphatic rings. The van der Waals surface area contributed by atoms with Crippen molar-refractivity contribution in [3.05, 3.63) is 59.5 Å². The van der Waals surface area contributed by atoms with Gasteiger partial charge in [-0.2, -0.15) is 5.26 Å². The zero-order valence-corrected chi connectivity index (χ0v) is 11.3. The van der Waals surface area contributed by atoms with Crippen LogP contribution in [-0.4, -0.2) is 11.9 Å². The molecule has 1 aromatic carbocycles. The maximum absolute atomic E-state index is 11.9. The Morgan fingerprint density at radius 1 is 1.35 bits per heavy atom. The minimum Gasteiger partial charge on any atom is -0.469 e. The van der Waals surface area contributed by atoms with E-state index in [1.807, 2.05) is 19.1 Å². The molecule has 0 fully saturated rings. The van der Waals surface area contributed by atoms with E-state index in [0.717, 1.165) is 11.3 Å². The maximum atomic E-state index is 11.9. The largest absolute Gasteiger partial charge is 0.469 e. The zero-order chi connectivity index (χ0) is 14.4. The molecular formula is C16H16N2O2. The van der Waals surface area contributed by atoms with Crippen molar-refractivity contribution in [1.29, 1.82) is 5.26 Å². The Kier molecular flexibility index (Phi) is 4.56. The number of amides is 1. The van der Waals surface area contributed by atoms with Crippen LogP contribution in [0, 0.1) is 11.3 Å². The number of hydrogen-bond acceptors (Lipinski definition) is 3. The van der Waals surface area contributed by atoms with Crippen LogP contribution in [0.25, 0.3) is 0 Å². The summed E-state index contributed by atoms with van der Waals surface area (Å²) in [6, 6.07) is 12.8. The molecule has 4 heteroatoms. The normalized spacial score (nSPS) is 11.6. The summed E-state index contributed by atoms with van der Waals surface area (Å²) >= 11 is 0. The van der Waals surface area contributed by atoms with Gasteiger partial charge in [0.1, 0.15) is 5.76 Å². The number of rotatable bonds is 5. The van der Waals surface area contributed by atoms with Crippen LogP contribution in [0.2, 0.25) is 0 Å². The SMILES string of the molecule is CC(Cc1ccco1)NC(=O)Cc1ccc(C#N)cc1. The van der Waals surface area contributed by atoms with E-state index in [9.17, 15) is 4.79 Å². The van der Waals surface area contributed by atoms with E-state index < -0.39 is 0 Å². The van der Waals surface area contributed by atoms with Gasteiger partial charge in [0.05, 0.1) is 24.3 Å². The molecule has 1 heterocycles. The van der Waals surface area contributed by atoms with Gasteiger partial charge in [-0.15, -0.1) is 0 Å². The van der Waals surface area contributed by atoms with Gasteiger partial charge in [0.2, 0.25) is 5.91 Å². The quantitative estimate of drug-likeness (QED) is 0.905. The summed E-state index contributed by atoms with van der Waals surface area (Å²) in [7, 11) is 0. The number of hydrogen-bond donors (Lipinski definition) is 1. The van der Waals surface area contributed by atoms with Gasteiger partial charge in [0, 0.05) is 12.5 Å². The first kappa shape index (κ1) is 13.9. The molecule has 0 radical (unpaired) electrons. The molecule has 102 valence electrons. The van der Waals surface area contributed by atoms with Crippen molar-refractivity contribution in [2.75, 3.05) is 0 Å². The third-order valence-electron chi connectivity index (χ3n) is 2.94. The van der Waals surface area contributed by atoms with Gasteiger partial charge in [0.15, 0.2) is 0 Å². The van der Waals surface area contributed by atoms with Crippen molar-refractivity contribution in [3.8, 4) is 6.07 Å². The average molecular weight is 268 g/mol. The summed E-state index contributed by atoms with van der Waals surface area (Å²) in [6.45, 7) is 1.94. The van der Waals surface area contributed by atoms with Crippen molar-refractivity contribution >= 4 is 5.91 Å². The van der Waals surface area contributed by atoms with Crippen LogP contribution in [0.3, 0.4) is 0 Å². The fourth-order valence-electron chi connectivity index (χ4n) is 1.99. The number of benzene rings is 1. The predicted molar refractivity (Wildman–Crippen MR) is 74.9 cm³/mol. The molecule has 4 nitrogen and oxygen atoms in total. The average Bonchev–Trinajstić information content (AvgIpc) is 2.92. The first-order chi connectivity index (χ1) is 9.67. The Balaban J connectivity index is 1.83. The zero-order valence-electron chi connectivity index (χ0n) is 11.3. The second-order valence-corrected chi connectivity index (χ2v) is 4.74. The van der Waals surface area contributed by atoms with Gasteiger partial charge in [-0.1, -0.05) is 12.1 Å². The molecular weight excluding hydrogens is 252 g/mol. The topological polar surface area (TPSA) is 66.0 Å². The Morgan fingerprint density at radius 2 is 2.10 bits per heavy atom. The third-order valence-corrected chi connectivity index (χ3v) is 2.94. The summed E-state index contributed by atoms with van der Waals surface area (Å²) in [5, 5.41) is 11.6. The van der Waals surface area contributed by atoms with E-state index in [0.29, 0.717) is 18.4 Å². The Morgan fingerprint density at radius 3 is 2.70 bits per heavy atom. The molecule has 0 spiro atoms. The lowest BCUT2D eigenvalue weighted by Crippen LogP contribution is -2.35. The van der Waals surface area contributed by atoms with Crippen LogP contribution < -0.4 is 5.32 Å². The van der Waals surface area contributed by atoms with E-state index >= 15 is 0 Å². The van der Waals surface area contributed by atoms with E-state index in [-0.39, 0.29) is 11.9 Å². The Bertz CT molecular complexity index is 594. The van der Waals surface area contributed by atoms with Crippen molar-refractivity contribution in [2.45, 2.75) is 25.8 Å². The molecule has 0 bridgehead atoms. The number of nitrogens with one attached hydrogen (secondary N) is 1. The fraction of sp³-hybridized carbons (Fsp3) is 0.250. The molecule has 1 amide bonds.